The van der Waals surface area contributed by atoms with Gasteiger partial charge in [0.15, 0.2) is 0 Å². The molecule has 0 aliphatic heterocycles. The molecule has 0 saturated heterocycles. The number of benzene rings is 2. The molecule has 0 fully saturated rings. The van der Waals surface area contributed by atoms with E-state index in [4.69, 9.17) is 5.73 Å². The molecule has 108 valence electrons. The van der Waals surface area contributed by atoms with E-state index in [2.05, 4.69) is 27.8 Å². The third-order valence-corrected chi connectivity index (χ3v) is 4.71. The van der Waals surface area contributed by atoms with Gasteiger partial charge in [0.1, 0.15) is 5.82 Å². The van der Waals surface area contributed by atoms with Crippen molar-refractivity contribution >= 4 is 55.5 Å². The lowest BCUT2D eigenvalue weighted by Gasteiger charge is -2.12. The summed E-state index contributed by atoms with van der Waals surface area (Å²) in [6.07, 6.45) is 0.848. The smallest absolute Gasteiger partial charge is 0.205 e. The maximum Gasteiger partial charge on any atom is 0.205 e. The molecule has 6 heteroatoms. The Morgan fingerprint density at radius 1 is 1.33 bits per heavy atom. The van der Waals surface area contributed by atoms with Crippen LogP contribution in [0.3, 0.4) is 0 Å². The molecule has 0 saturated carbocycles. The second-order valence-electron chi connectivity index (χ2n) is 4.69. The molecule has 0 unspecified atom stereocenters. The van der Waals surface area contributed by atoms with Crippen molar-refractivity contribution < 1.29 is 4.39 Å². The second kappa shape index (κ2) is 5.57. The van der Waals surface area contributed by atoms with Crippen molar-refractivity contribution in [1.82, 2.24) is 9.55 Å². The van der Waals surface area contributed by atoms with Crippen LogP contribution in [0.1, 0.15) is 12.5 Å². The van der Waals surface area contributed by atoms with E-state index in [0.29, 0.717) is 20.6 Å². The molecule has 0 aliphatic rings. The Morgan fingerprint density at radius 2 is 2.10 bits per heavy atom. The first kappa shape index (κ1) is 14.8. The van der Waals surface area contributed by atoms with Gasteiger partial charge in [0.05, 0.1) is 20.3 Å². The Hall–Kier alpha value is -1.15. The van der Waals surface area contributed by atoms with Crippen molar-refractivity contribution in [2.75, 3.05) is 5.73 Å². The lowest BCUT2D eigenvalue weighted by Crippen LogP contribution is -2.04. The van der Waals surface area contributed by atoms with E-state index in [1.54, 1.807) is 10.6 Å². The van der Waals surface area contributed by atoms with Crippen LogP contribution in [-0.4, -0.2) is 9.55 Å². The Kier molecular flexibility index (Phi) is 3.92. The highest BCUT2D eigenvalue weighted by Crippen LogP contribution is 2.29. The minimum atomic E-state index is -0.264. The lowest BCUT2D eigenvalue weighted by atomic mass is 10.1. The molecule has 0 atom stereocenters. The number of anilines is 1. The van der Waals surface area contributed by atoms with Crippen LogP contribution >= 0.6 is 38.5 Å². The van der Waals surface area contributed by atoms with E-state index >= 15 is 0 Å². The van der Waals surface area contributed by atoms with Gasteiger partial charge in [0.25, 0.3) is 0 Å². The standard InChI is InChI=1S/C15H12BrFIN3/c1-2-8-5-9(16)3-4-13(8)21-14-6-10(17)11(18)7-12(14)20-15(21)19/h3-7H,2H2,1H3,(H2,19,20). The van der Waals surface area contributed by atoms with Gasteiger partial charge in [-0.05, 0) is 58.8 Å². The van der Waals surface area contributed by atoms with Crippen LogP contribution in [0.25, 0.3) is 16.7 Å². The summed E-state index contributed by atoms with van der Waals surface area (Å²) in [7, 11) is 0. The summed E-state index contributed by atoms with van der Waals surface area (Å²) in [5.74, 6) is 0.0998. The van der Waals surface area contributed by atoms with Gasteiger partial charge < -0.3 is 5.73 Å². The van der Waals surface area contributed by atoms with Gasteiger partial charge in [0.2, 0.25) is 5.95 Å². The molecule has 3 nitrogen and oxygen atoms in total. The third kappa shape index (κ3) is 2.55. The van der Waals surface area contributed by atoms with Crippen LogP contribution in [0.15, 0.2) is 34.8 Å². The maximum atomic E-state index is 13.9. The molecule has 21 heavy (non-hydrogen) atoms. The van der Waals surface area contributed by atoms with Gasteiger partial charge in [-0.3, -0.25) is 4.57 Å². The lowest BCUT2D eigenvalue weighted by molar-refractivity contribution is 0.622. The van der Waals surface area contributed by atoms with Crippen LogP contribution in [0, 0.1) is 9.39 Å². The molecule has 3 rings (SSSR count). The molecule has 2 aromatic carbocycles. The van der Waals surface area contributed by atoms with Gasteiger partial charge in [-0.2, -0.15) is 0 Å². The van der Waals surface area contributed by atoms with E-state index in [1.165, 1.54) is 6.07 Å². The molecule has 0 aliphatic carbocycles. The third-order valence-electron chi connectivity index (χ3n) is 3.39. The highest BCUT2D eigenvalue weighted by molar-refractivity contribution is 14.1. The average molecular weight is 460 g/mol. The second-order valence-corrected chi connectivity index (χ2v) is 6.76. The van der Waals surface area contributed by atoms with Gasteiger partial charge in [-0.25, -0.2) is 9.37 Å². The van der Waals surface area contributed by atoms with Crippen molar-refractivity contribution in [2.24, 2.45) is 0 Å². The van der Waals surface area contributed by atoms with Crippen LogP contribution in [-0.2, 0) is 6.42 Å². The van der Waals surface area contributed by atoms with Crippen molar-refractivity contribution in [3.63, 3.8) is 0 Å². The van der Waals surface area contributed by atoms with Crippen LogP contribution in [0.5, 0.6) is 0 Å². The number of nitrogens with zero attached hydrogens (tertiary/aromatic N) is 2. The summed E-state index contributed by atoms with van der Waals surface area (Å²) in [6, 6.07) is 9.16. The minimum absolute atomic E-state index is 0.264. The van der Waals surface area contributed by atoms with Crippen molar-refractivity contribution in [3.8, 4) is 5.69 Å². The van der Waals surface area contributed by atoms with Crippen molar-refractivity contribution in [1.29, 1.82) is 0 Å². The SMILES string of the molecule is CCc1cc(Br)ccc1-n1c(N)nc2cc(I)c(F)cc21. The summed E-state index contributed by atoms with van der Waals surface area (Å²) < 4.78 is 17.3. The zero-order valence-corrected chi connectivity index (χ0v) is 14.9. The number of hydrogen-bond donors (Lipinski definition) is 1. The quantitative estimate of drug-likeness (QED) is 0.565. The van der Waals surface area contributed by atoms with E-state index in [1.807, 2.05) is 40.8 Å². The van der Waals surface area contributed by atoms with Gasteiger partial charge >= 0.3 is 0 Å². The number of rotatable bonds is 2. The molecule has 0 bridgehead atoms. The van der Waals surface area contributed by atoms with Crippen LogP contribution in [0.2, 0.25) is 0 Å². The Morgan fingerprint density at radius 3 is 2.81 bits per heavy atom. The van der Waals surface area contributed by atoms with E-state index in [-0.39, 0.29) is 5.82 Å². The zero-order valence-electron chi connectivity index (χ0n) is 11.2. The number of halogens is 3. The molecule has 2 N–H and O–H groups in total. The molecule has 0 amide bonds. The molecule has 3 aromatic rings. The van der Waals surface area contributed by atoms with Gasteiger partial charge in [0, 0.05) is 10.5 Å². The number of hydrogen-bond acceptors (Lipinski definition) is 2. The van der Waals surface area contributed by atoms with Crippen LogP contribution in [0.4, 0.5) is 10.3 Å². The van der Waals surface area contributed by atoms with Gasteiger partial charge in [-0.1, -0.05) is 22.9 Å². The maximum absolute atomic E-state index is 13.9. The number of fused-ring (bicyclic) bond motifs is 1. The number of aryl methyl sites for hydroxylation is 1. The molecule has 1 aromatic heterocycles. The predicted octanol–water partition coefficient (Wildman–Crippen LogP) is 4.68. The summed E-state index contributed by atoms with van der Waals surface area (Å²) in [5, 5.41) is 0. The van der Waals surface area contributed by atoms with E-state index < -0.39 is 0 Å². The van der Waals surface area contributed by atoms with E-state index in [0.717, 1.165) is 22.1 Å². The summed E-state index contributed by atoms with van der Waals surface area (Å²) in [5.41, 5.74) is 9.49. The first-order valence-corrected chi connectivity index (χ1v) is 8.30. The molecular formula is C15H12BrFIN3. The van der Waals surface area contributed by atoms with Crippen molar-refractivity contribution in [2.45, 2.75) is 13.3 Å². The topological polar surface area (TPSA) is 43.8 Å². The zero-order chi connectivity index (χ0) is 15.1. The highest BCUT2D eigenvalue weighted by atomic mass is 127. The number of imidazole rings is 1. The first-order valence-electron chi connectivity index (χ1n) is 6.43. The number of nitrogens with two attached hydrogens (primary N) is 1. The Labute approximate surface area is 143 Å². The normalized spacial score (nSPS) is 11.2. The molecule has 0 spiro atoms. The van der Waals surface area contributed by atoms with E-state index in [9.17, 15) is 4.39 Å². The Bertz CT molecular complexity index is 845. The van der Waals surface area contributed by atoms with Crippen LogP contribution < -0.4 is 5.73 Å². The number of nitrogen functional groups attached to an aromatic ring is 1. The molecule has 1 heterocycles. The summed E-state index contributed by atoms with van der Waals surface area (Å²) in [4.78, 5) is 4.35. The van der Waals surface area contributed by atoms with Gasteiger partial charge in [-0.15, -0.1) is 0 Å². The summed E-state index contributed by atoms with van der Waals surface area (Å²) >= 11 is 5.43. The highest BCUT2D eigenvalue weighted by Gasteiger charge is 2.15. The fourth-order valence-corrected chi connectivity index (χ4v) is 3.26. The largest absolute Gasteiger partial charge is 0.369 e. The fraction of sp³-hybridized carbons (Fsp3) is 0.133. The monoisotopic (exact) mass is 459 g/mol. The molecular weight excluding hydrogens is 448 g/mol. The summed E-state index contributed by atoms with van der Waals surface area (Å²) in [6.45, 7) is 2.07. The minimum Gasteiger partial charge on any atom is -0.369 e. The average Bonchev–Trinajstić information content (AvgIpc) is 2.75. The Balaban J connectivity index is 2.35. The fourth-order valence-electron chi connectivity index (χ4n) is 2.40. The first-order chi connectivity index (χ1) is 10.0. The molecule has 0 radical (unpaired) electrons. The number of aromatic nitrogens is 2. The predicted molar refractivity (Wildman–Crippen MR) is 95.2 cm³/mol. The van der Waals surface area contributed by atoms with Crippen molar-refractivity contribution in [3.05, 3.63) is 49.8 Å².